The molecule has 0 bridgehead atoms. The topological polar surface area (TPSA) is 35.5 Å². The zero-order valence-electron chi connectivity index (χ0n) is 9.67. The fraction of sp³-hybridized carbons (Fsp3) is 0.357. The Labute approximate surface area is 101 Å². The molecule has 0 saturated carbocycles. The lowest BCUT2D eigenvalue weighted by Gasteiger charge is -2.28. The van der Waals surface area contributed by atoms with Crippen LogP contribution in [-0.2, 0) is 14.3 Å². The Morgan fingerprint density at radius 3 is 2.59 bits per heavy atom. The highest BCUT2D eigenvalue weighted by Gasteiger charge is 2.38. The second-order valence-electron chi connectivity index (χ2n) is 3.91. The monoisotopic (exact) mass is 232 g/mol. The molecule has 90 valence electrons. The number of ether oxygens (including phenoxy) is 2. The third-order valence-corrected chi connectivity index (χ3v) is 2.78. The molecule has 17 heavy (non-hydrogen) atoms. The Balaban J connectivity index is 2.22. The molecular formula is C14H16O3. The van der Waals surface area contributed by atoms with Gasteiger partial charge in [0.15, 0.2) is 5.79 Å². The lowest BCUT2D eigenvalue weighted by molar-refractivity contribution is -0.133. The van der Waals surface area contributed by atoms with Crippen LogP contribution in [0, 0.1) is 0 Å². The molecular weight excluding hydrogens is 216 g/mol. The van der Waals surface area contributed by atoms with Crippen molar-refractivity contribution in [3.63, 3.8) is 0 Å². The van der Waals surface area contributed by atoms with Gasteiger partial charge in [-0.1, -0.05) is 42.5 Å². The van der Waals surface area contributed by atoms with Gasteiger partial charge in [-0.3, -0.25) is 0 Å². The summed E-state index contributed by atoms with van der Waals surface area (Å²) in [5.74, 6) is -0.743. The van der Waals surface area contributed by atoms with Crippen molar-refractivity contribution < 1.29 is 14.3 Å². The SMILES string of the molecule is O=CCCC1(C2=C/C=C\C=C/C=C2)OCCO1. The molecule has 0 unspecified atom stereocenters. The minimum absolute atomic E-state index is 0.435. The molecule has 0 aromatic carbocycles. The van der Waals surface area contributed by atoms with E-state index in [0.717, 1.165) is 11.9 Å². The quantitative estimate of drug-likeness (QED) is 0.698. The van der Waals surface area contributed by atoms with Crippen molar-refractivity contribution in [2.45, 2.75) is 18.6 Å². The number of aldehydes is 1. The van der Waals surface area contributed by atoms with Crippen molar-refractivity contribution in [1.29, 1.82) is 0 Å². The Bertz CT molecular complexity index is 382. The molecule has 1 heterocycles. The minimum atomic E-state index is -0.743. The van der Waals surface area contributed by atoms with E-state index < -0.39 is 5.79 Å². The van der Waals surface area contributed by atoms with Gasteiger partial charge in [-0.25, -0.2) is 0 Å². The van der Waals surface area contributed by atoms with Crippen LogP contribution >= 0.6 is 0 Å². The average Bonchev–Trinajstić information content (AvgIpc) is 2.75. The third-order valence-electron chi connectivity index (χ3n) is 2.78. The van der Waals surface area contributed by atoms with Gasteiger partial charge < -0.3 is 14.3 Å². The van der Waals surface area contributed by atoms with Crippen LogP contribution < -0.4 is 0 Å². The highest BCUT2D eigenvalue weighted by Crippen LogP contribution is 2.33. The minimum Gasteiger partial charge on any atom is -0.343 e. The molecule has 1 aliphatic heterocycles. The predicted octanol–water partition coefficient (Wildman–Crippen LogP) is 2.32. The fourth-order valence-corrected chi connectivity index (χ4v) is 1.98. The van der Waals surface area contributed by atoms with Crippen LogP contribution in [-0.4, -0.2) is 25.3 Å². The summed E-state index contributed by atoms with van der Waals surface area (Å²) in [6.07, 6.45) is 15.6. The first-order valence-corrected chi connectivity index (χ1v) is 5.81. The van der Waals surface area contributed by atoms with Crippen LogP contribution in [0.2, 0.25) is 0 Å². The van der Waals surface area contributed by atoms with Gasteiger partial charge in [0.2, 0.25) is 0 Å². The fourth-order valence-electron chi connectivity index (χ4n) is 1.98. The number of hydrogen-bond donors (Lipinski definition) is 0. The summed E-state index contributed by atoms with van der Waals surface area (Å²) in [4.78, 5) is 10.5. The van der Waals surface area contributed by atoms with E-state index in [0.29, 0.717) is 26.1 Å². The number of hydrogen-bond acceptors (Lipinski definition) is 3. The molecule has 0 aromatic rings. The summed E-state index contributed by atoms with van der Waals surface area (Å²) < 4.78 is 11.4. The third kappa shape index (κ3) is 2.81. The highest BCUT2D eigenvalue weighted by atomic mass is 16.7. The molecule has 0 radical (unpaired) electrons. The van der Waals surface area contributed by atoms with E-state index in [-0.39, 0.29) is 0 Å². The summed E-state index contributed by atoms with van der Waals surface area (Å²) in [5.41, 5.74) is 0.956. The summed E-state index contributed by atoms with van der Waals surface area (Å²) >= 11 is 0. The van der Waals surface area contributed by atoms with E-state index in [4.69, 9.17) is 9.47 Å². The van der Waals surface area contributed by atoms with Crippen LogP contribution in [0.3, 0.4) is 0 Å². The zero-order valence-corrected chi connectivity index (χ0v) is 9.67. The van der Waals surface area contributed by atoms with E-state index in [1.165, 1.54) is 0 Å². The lowest BCUT2D eigenvalue weighted by Crippen LogP contribution is -2.32. The Kier molecular flexibility index (Phi) is 4.07. The summed E-state index contributed by atoms with van der Waals surface area (Å²) in [6, 6.07) is 0. The van der Waals surface area contributed by atoms with Gasteiger partial charge in [0.1, 0.15) is 6.29 Å². The van der Waals surface area contributed by atoms with E-state index in [9.17, 15) is 4.79 Å². The molecule has 0 aromatic heterocycles. The van der Waals surface area contributed by atoms with Gasteiger partial charge in [0.25, 0.3) is 0 Å². The highest BCUT2D eigenvalue weighted by molar-refractivity contribution is 5.50. The Morgan fingerprint density at radius 2 is 1.82 bits per heavy atom. The standard InChI is InChI=1S/C14H16O3/c15-10-6-9-14(16-11-12-17-14)13-7-4-2-1-3-5-8-13/h1-5,7-8,10H,6,9,11-12H2/b2-1-,3-1?,4-2?,5-3-,7-4?,8-5?,13-7?,13-8?. The maximum Gasteiger partial charge on any atom is 0.195 e. The molecule has 3 heteroatoms. The van der Waals surface area contributed by atoms with E-state index in [2.05, 4.69) is 0 Å². The van der Waals surface area contributed by atoms with Gasteiger partial charge in [0, 0.05) is 18.4 Å². The van der Waals surface area contributed by atoms with Crippen LogP contribution in [0.5, 0.6) is 0 Å². The normalized spacial score (nSPS) is 25.8. The Hall–Kier alpha value is -1.45. The van der Waals surface area contributed by atoms with Crippen LogP contribution in [0.15, 0.2) is 48.1 Å². The van der Waals surface area contributed by atoms with Crippen molar-refractivity contribution in [2.75, 3.05) is 13.2 Å². The van der Waals surface area contributed by atoms with E-state index >= 15 is 0 Å². The molecule has 2 rings (SSSR count). The number of allylic oxidation sites excluding steroid dienone is 6. The first-order chi connectivity index (χ1) is 8.37. The van der Waals surface area contributed by atoms with Crippen molar-refractivity contribution in [1.82, 2.24) is 0 Å². The number of carbonyl (C=O) groups is 1. The van der Waals surface area contributed by atoms with Gasteiger partial charge in [-0.2, -0.15) is 0 Å². The molecule has 1 fully saturated rings. The van der Waals surface area contributed by atoms with Gasteiger partial charge >= 0.3 is 0 Å². The number of carbonyl (C=O) groups excluding carboxylic acids is 1. The van der Waals surface area contributed by atoms with Crippen LogP contribution in [0.4, 0.5) is 0 Å². The zero-order chi connectivity index (χ0) is 12.0. The number of rotatable bonds is 4. The van der Waals surface area contributed by atoms with Gasteiger partial charge in [-0.15, -0.1) is 0 Å². The second-order valence-corrected chi connectivity index (χ2v) is 3.91. The van der Waals surface area contributed by atoms with Gasteiger partial charge in [-0.05, 0) is 0 Å². The van der Waals surface area contributed by atoms with Crippen molar-refractivity contribution in [2.24, 2.45) is 0 Å². The molecule has 1 aliphatic carbocycles. The van der Waals surface area contributed by atoms with E-state index in [1.807, 2.05) is 42.5 Å². The molecule has 1 saturated heterocycles. The molecule has 0 spiro atoms. The molecule has 3 nitrogen and oxygen atoms in total. The predicted molar refractivity (Wildman–Crippen MR) is 65.4 cm³/mol. The van der Waals surface area contributed by atoms with E-state index in [1.54, 1.807) is 0 Å². The van der Waals surface area contributed by atoms with Crippen molar-refractivity contribution in [3.05, 3.63) is 48.1 Å². The Morgan fingerprint density at radius 1 is 1.12 bits per heavy atom. The van der Waals surface area contributed by atoms with Crippen LogP contribution in [0.25, 0.3) is 0 Å². The van der Waals surface area contributed by atoms with Crippen LogP contribution in [0.1, 0.15) is 12.8 Å². The largest absolute Gasteiger partial charge is 0.343 e. The van der Waals surface area contributed by atoms with Crippen molar-refractivity contribution >= 4 is 6.29 Å². The maximum absolute atomic E-state index is 10.5. The van der Waals surface area contributed by atoms with Crippen molar-refractivity contribution in [3.8, 4) is 0 Å². The summed E-state index contributed by atoms with van der Waals surface area (Å²) in [7, 11) is 0. The molecule has 2 aliphatic rings. The first-order valence-electron chi connectivity index (χ1n) is 5.81. The average molecular weight is 232 g/mol. The smallest absolute Gasteiger partial charge is 0.195 e. The second kappa shape index (κ2) is 5.75. The summed E-state index contributed by atoms with van der Waals surface area (Å²) in [6.45, 7) is 1.15. The molecule has 0 atom stereocenters. The lowest BCUT2D eigenvalue weighted by atomic mass is 9.99. The molecule has 0 N–H and O–H groups in total. The molecule has 0 amide bonds. The van der Waals surface area contributed by atoms with Gasteiger partial charge in [0.05, 0.1) is 13.2 Å². The first kappa shape index (κ1) is 12.0. The summed E-state index contributed by atoms with van der Waals surface area (Å²) in [5, 5.41) is 0. The maximum atomic E-state index is 10.5.